The van der Waals surface area contributed by atoms with Gasteiger partial charge in [0.1, 0.15) is 0 Å². The normalized spacial score (nSPS) is 16.7. The van der Waals surface area contributed by atoms with Gasteiger partial charge in [0.15, 0.2) is 5.96 Å². The monoisotopic (exact) mass is 343 g/mol. The van der Waals surface area contributed by atoms with E-state index in [4.69, 9.17) is 4.99 Å². The first-order valence-corrected chi connectivity index (χ1v) is 10.00. The van der Waals surface area contributed by atoms with Crippen molar-refractivity contribution >= 4 is 23.6 Å². The fourth-order valence-electron chi connectivity index (χ4n) is 2.51. The molecule has 1 amide bonds. The molecule has 1 saturated heterocycles. The van der Waals surface area contributed by atoms with E-state index < -0.39 is 0 Å². The highest BCUT2D eigenvalue weighted by Crippen LogP contribution is 2.03. The number of nitrogens with zero attached hydrogens (tertiary/aromatic N) is 3. The van der Waals surface area contributed by atoms with Crippen LogP contribution in [0.15, 0.2) is 4.99 Å². The number of amides is 1. The first-order chi connectivity index (χ1) is 11.1. The van der Waals surface area contributed by atoms with Crippen LogP contribution in [0.4, 0.5) is 0 Å². The summed E-state index contributed by atoms with van der Waals surface area (Å²) >= 11 is 1.86. The SMILES string of the molecule is CCNC(=NCCCSC)N1CCN(CC(=O)NC(C)C)CC1. The van der Waals surface area contributed by atoms with E-state index in [9.17, 15) is 4.79 Å². The fraction of sp³-hybridized carbons (Fsp3) is 0.875. The third-order valence-electron chi connectivity index (χ3n) is 3.59. The predicted octanol–water partition coefficient (Wildman–Crippen LogP) is 0.847. The Kier molecular flexibility index (Phi) is 10.1. The zero-order valence-electron chi connectivity index (χ0n) is 15.1. The van der Waals surface area contributed by atoms with E-state index in [0.29, 0.717) is 6.54 Å². The lowest BCUT2D eigenvalue weighted by Gasteiger charge is -2.36. The molecule has 0 radical (unpaired) electrons. The maximum absolute atomic E-state index is 11.8. The van der Waals surface area contributed by atoms with Gasteiger partial charge in [-0.1, -0.05) is 0 Å². The van der Waals surface area contributed by atoms with Gasteiger partial charge in [-0.3, -0.25) is 14.7 Å². The van der Waals surface area contributed by atoms with Gasteiger partial charge in [-0.15, -0.1) is 0 Å². The van der Waals surface area contributed by atoms with Gasteiger partial charge in [0.25, 0.3) is 0 Å². The Hall–Kier alpha value is -0.950. The number of piperazine rings is 1. The molecule has 1 fully saturated rings. The smallest absolute Gasteiger partial charge is 0.234 e. The topological polar surface area (TPSA) is 60.0 Å². The molecule has 1 aliphatic rings. The number of thioether (sulfide) groups is 1. The van der Waals surface area contributed by atoms with Gasteiger partial charge in [0, 0.05) is 45.3 Å². The lowest BCUT2D eigenvalue weighted by atomic mass is 10.3. The summed E-state index contributed by atoms with van der Waals surface area (Å²) in [6, 6.07) is 0.206. The Bertz CT molecular complexity index is 367. The lowest BCUT2D eigenvalue weighted by molar-refractivity contribution is -0.123. The molecule has 134 valence electrons. The molecular formula is C16H33N5OS. The van der Waals surface area contributed by atoms with Crippen LogP contribution in [0, 0.1) is 0 Å². The third kappa shape index (κ3) is 8.46. The van der Waals surface area contributed by atoms with Gasteiger partial charge in [-0.05, 0) is 39.2 Å². The Morgan fingerprint density at radius 1 is 1.26 bits per heavy atom. The molecule has 1 aliphatic heterocycles. The second-order valence-electron chi connectivity index (χ2n) is 6.07. The summed E-state index contributed by atoms with van der Waals surface area (Å²) in [7, 11) is 0. The fourth-order valence-corrected chi connectivity index (χ4v) is 2.93. The molecule has 6 nitrogen and oxygen atoms in total. The highest BCUT2D eigenvalue weighted by Gasteiger charge is 2.21. The Morgan fingerprint density at radius 2 is 1.96 bits per heavy atom. The van der Waals surface area contributed by atoms with E-state index in [0.717, 1.165) is 57.4 Å². The van der Waals surface area contributed by atoms with Gasteiger partial charge in [0.05, 0.1) is 6.54 Å². The predicted molar refractivity (Wildman–Crippen MR) is 100 cm³/mol. The third-order valence-corrected chi connectivity index (χ3v) is 4.29. The van der Waals surface area contributed by atoms with Crippen molar-refractivity contribution in [2.45, 2.75) is 33.2 Å². The summed E-state index contributed by atoms with van der Waals surface area (Å²) in [5.74, 6) is 2.28. The molecule has 1 rings (SSSR count). The molecule has 0 atom stereocenters. The molecule has 7 heteroatoms. The van der Waals surface area contributed by atoms with Gasteiger partial charge in [0.2, 0.25) is 5.91 Å². The molecule has 0 spiro atoms. The molecule has 0 saturated carbocycles. The van der Waals surface area contributed by atoms with E-state index in [1.807, 2.05) is 25.6 Å². The molecule has 0 aliphatic carbocycles. The van der Waals surface area contributed by atoms with Gasteiger partial charge in [-0.2, -0.15) is 11.8 Å². The van der Waals surface area contributed by atoms with Crippen molar-refractivity contribution in [1.82, 2.24) is 20.4 Å². The molecule has 1 heterocycles. The molecule has 0 aromatic carbocycles. The minimum Gasteiger partial charge on any atom is -0.357 e. The van der Waals surface area contributed by atoms with Crippen LogP contribution in [0.1, 0.15) is 27.2 Å². The average Bonchev–Trinajstić information content (AvgIpc) is 2.50. The molecular weight excluding hydrogens is 310 g/mol. The van der Waals surface area contributed by atoms with Crippen molar-refractivity contribution in [2.24, 2.45) is 4.99 Å². The second-order valence-corrected chi connectivity index (χ2v) is 7.05. The second kappa shape index (κ2) is 11.6. The van der Waals surface area contributed by atoms with Crippen LogP contribution in [0.5, 0.6) is 0 Å². The van der Waals surface area contributed by atoms with E-state index >= 15 is 0 Å². The minimum atomic E-state index is 0.117. The van der Waals surface area contributed by atoms with E-state index in [1.54, 1.807) is 0 Å². The number of nitrogens with one attached hydrogen (secondary N) is 2. The molecule has 0 aromatic heterocycles. The van der Waals surface area contributed by atoms with Crippen molar-refractivity contribution in [3.63, 3.8) is 0 Å². The first kappa shape index (κ1) is 20.1. The first-order valence-electron chi connectivity index (χ1n) is 8.60. The zero-order valence-corrected chi connectivity index (χ0v) is 15.9. The van der Waals surface area contributed by atoms with E-state index in [2.05, 4.69) is 33.6 Å². The number of hydrogen-bond donors (Lipinski definition) is 2. The van der Waals surface area contributed by atoms with Gasteiger partial charge < -0.3 is 15.5 Å². The lowest BCUT2D eigenvalue weighted by Crippen LogP contribution is -2.54. The van der Waals surface area contributed by atoms with Crippen molar-refractivity contribution in [3.05, 3.63) is 0 Å². The summed E-state index contributed by atoms with van der Waals surface area (Å²) in [5.41, 5.74) is 0. The number of carbonyl (C=O) groups excluding carboxylic acids is 1. The number of hydrogen-bond acceptors (Lipinski definition) is 4. The van der Waals surface area contributed by atoms with Crippen LogP contribution in [0.2, 0.25) is 0 Å². The summed E-state index contributed by atoms with van der Waals surface area (Å²) in [4.78, 5) is 21.1. The van der Waals surface area contributed by atoms with Crippen LogP contribution in [-0.4, -0.2) is 85.5 Å². The van der Waals surface area contributed by atoms with Crippen LogP contribution in [0.25, 0.3) is 0 Å². The Balaban J connectivity index is 2.40. The van der Waals surface area contributed by atoms with Crippen LogP contribution >= 0.6 is 11.8 Å². The van der Waals surface area contributed by atoms with Gasteiger partial charge >= 0.3 is 0 Å². The highest BCUT2D eigenvalue weighted by atomic mass is 32.2. The minimum absolute atomic E-state index is 0.117. The zero-order chi connectivity index (χ0) is 17.1. The summed E-state index contributed by atoms with van der Waals surface area (Å²) in [6.45, 7) is 12.0. The van der Waals surface area contributed by atoms with Crippen LogP contribution < -0.4 is 10.6 Å². The molecule has 0 unspecified atom stereocenters. The van der Waals surface area contributed by atoms with Crippen molar-refractivity contribution in [3.8, 4) is 0 Å². The maximum Gasteiger partial charge on any atom is 0.234 e. The summed E-state index contributed by atoms with van der Waals surface area (Å²) < 4.78 is 0. The molecule has 2 N–H and O–H groups in total. The van der Waals surface area contributed by atoms with E-state index in [-0.39, 0.29) is 11.9 Å². The van der Waals surface area contributed by atoms with Crippen molar-refractivity contribution < 1.29 is 4.79 Å². The van der Waals surface area contributed by atoms with Crippen LogP contribution in [0.3, 0.4) is 0 Å². The Morgan fingerprint density at radius 3 is 2.52 bits per heavy atom. The quantitative estimate of drug-likeness (QED) is 0.389. The standard InChI is InChI=1S/C16H33N5OS/c1-5-17-16(18-7-6-12-23-4)21-10-8-20(9-11-21)13-15(22)19-14(2)3/h14H,5-13H2,1-4H3,(H,17,18)(H,19,22). The summed E-state index contributed by atoms with van der Waals surface area (Å²) in [6.07, 6.45) is 3.25. The van der Waals surface area contributed by atoms with Crippen molar-refractivity contribution in [1.29, 1.82) is 0 Å². The molecule has 0 bridgehead atoms. The number of carbonyl (C=O) groups is 1. The van der Waals surface area contributed by atoms with Crippen molar-refractivity contribution in [2.75, 3.05) is 57.8 Å². The molecule has 23 heavy (non-hydrogen) atoms. The number of aliphatic imine (C=N–C) groups is 1. The maximum atomic E-state index is 11.8. The number of guanidine groups is 1. The number of rotatable bonds is 8. The largest absolute Gasteiger partial charge is 0.357 e. The summed E-state index contributed by atoms with van der Waals surface area (Å²) in [5, 5.41) is 6.33. The van der Waals surface area contributed by atoms with Crippen LogP contribution in [-0.2, 0) is 4.79 Å². The highest BCUT2D eigenvalue weighted by molar-refractivity contribution is 7.98. The molecule has 0 aromatic rings. The average molecular weight is 344 g/mol. The van der Waals surface area contributed by atoms with Gasteiger partial charge in [-0.25, -0.2) is 0 Å². The Labute approximate surface area is 145 Å². The van der Waals surface area contributed by atoms with E-state index in [1.165, 1.54) is 0 Å².